The van der Waals surface area contributed by atoms with Gasteiger partial charge in [-0.3, -0.25) is 0 Å². The van der Waals surface area contributed by atoms with E-state index in [1.165, 1.54) is 108 Å². The van der Waals surface area contributed by atoms with E-state index in [-0.39, 0.29) is 23.2 Å². The van der Waals surface area contributed by atoms with Crippen LogP contribution in [-0.4, -0.2) is 12.4 Å². The second kappa shape index (κ2) is 11.8. The number of nitrogens with zero attached hydrogens (tertiary/aromatic N) is 2. The lowest BCUT2D eigenvalue weighted by Gasteiger charge is -2.53. The summed E-state index contributed by atoms with van der Waals surface area (Å²) >= 11 is 0. The maximum absolute atomic E-state index is 6.93. The number of rotatable bonds is 3. The first-order valence-corrected chi connectivity index (χ1v) is 21.3. The number of hydrogen-bond acceptors (Lipinski definition) is 3. The summed E-state index contributed by atoms with van der Waals surface area (Å²) in [5, 5.41) is 2.40. The van der Waals surface area contributed by atoms with Crippen LogP contribution < -0.4 is 20.6 Å². The quantitative estimate of drug-likeness (QED) is 0.168. The summed E-state index contributed by atoms with van der Waals surface area (Å²) in [4.78, 5) is 5.51. The third kappa shape index (κ3) is 4.46. The smallest absolute Gasteiger partial charge is 0.333 e. The average Bonchev–Trinajstić information content (AvgIpc) is 3.72. The fraction of sp³-hybridized carbons (Fsp3) is 0.222. The van der Waals surface area contributed by atoms with Crippen molar-refractivity contribution in [2.45, 2.75) is 76.7 Å². The number of hydrogen-bond donors (Lipinski definition) is 0. The molecule has 1 fully saturated rings. The van der Waals surface area contributed by atoms with Crippen LogP contribution in [0.4, 0.5) is 22.7 Å². The van der Waals surface area contributed by atoms with Gasteiger partial charge in [0.1, 0.15) is 11.2 Å². The fourth-order valence-electron chi connectivity index (χ4n) is 11.6. The van der Waals surface area contributed by atoms with E-state index in [0.29, 0.717) is 0 Å². The molecule has 8 aromatic rings. The topological polar surface area (TPSA) is 19.6 Å². The molecule has 58 heavy (non-hydrogen) atoms. The molecule has 1 saturated carbocycles. The number of furan rings is 1. The summed E-state index contributed by atoms with van der Waals surface area (Å²) in [5.74, 6) is 0. The second-order valence-corrected chi connectivity index (χ2v) is 18.8. The molecule has 0 bridgehead atoms. The summed E-state index contributed by atoms with van der Waals surface area (Å²) in [6.45, 7) is 12.3. The van der Waals surface area contributed by atoms with Crippen LogP contribution in [0, 0.1) is 0 Å². The monoisotopic (exact) mass is 750 g/mol. The lowest BCUT2D eigenvalue weighted by atomic mass is 9.42. The minimum Gasteiger partial charge on any atom is -0.456 e. The Morgan fingerprint density at radius 1 is 0.621 bits per heavy atom. The van der Waals surface area contributed by atoms with Gasteiger partial charge in [0.25, 0.3) is 0 Å². The van der Waals surface area contributed by atoms with Gasteiger partial charge in [0.05, 0.1) is 5.54 Å². The first-order chi connectivity index (χ1) is 28.1. The summed E-state index contributed by atoms with van der Waals surface area (Å²) in [5.41, 5.74) is 20.2. The molecule has 0 radical (unpaired) electrons. The minimum atomic E-state index is -0.0917. The highest BCUT2D eigenvalue weighted by Crippen LogP contribution is 2.63. The molecule has 12 rings (SSSR count). The zero-order valence-corrected chi connectivity index (χ0v) is 34.1. The van der Waals surface area contributed by atoms with E-state index in [0.717, 1.165) is 17.6 Å². The van der Waals surface area contributed by atoms with E-state index in [1.807, 2.05) is 0 Å². The molecule has 4 heterocycles. The zero-order chi connectivity index (χ0) is 39.1. The van der Waals surface area contributed by atoms with Crippen molar-refractivity contribution in [3.8, 4) is 33.4 Å². The zero-order valence-electron chi connectivity index (χ0n) is 34.1. The molecular weight excluding hydrogens is 703 g/mol. The molecule has 0 amide bonds. The maximum atomic E-state index is 6.93. The highest BCUT2D eigenvalue weighted by molar-refractivity contribution is 6.94. The van der Waals surface area contributed by atoms with Gasteiger partial charge < -0.3 is 14.1 Å². The van der Waals surface area contributed by atoms with E-state index in [4.69, 9.17) is 4.42 Å². The van der Waals surface area contributed by atoms with Gasteiger partial charge in [-0.05, 0) is 105 Å². The lowest BCUT2D eigenvalue weighted by molar-refractivity contribution is 0.195. The van der Waals surface area contributed by atoms with Crippen LogP contribution in [-0.2, 0) is 10.8 Å². The molecule has 4 aliphatic rings. The molecule has 1 aliphatic carbocycles. The molecule has 2 atom stereocenters. The third-order valence-corrected chi connectivity index (χ3v) is 14.7. The first kappa shape index (κ1) is 34.1. The molecule has 1 aromatic heterocycles. The molecule has 7 aromatic carbocycles. The number of anilines is 4. The Kier molecular flexibility index (Phi) is 6.93. The Morgan fingerprint density at radius 3 is 2.02 bits per heavy atom. The van der Waals surface area contributed by atoms with Gasteiger partial charge in [-0.1, -0.05) is 150 Å². The van der Waals surface area contributed by atoms with Crippen molar-refractivity contribution in [3.05, 3.63) is 157 Å². The number of benzene rings is 7. The summed E-state index contributed by atoms with van der Waals surface area (Å²) in [6.07, 6.45) is 4.83. The molecular formula is C54H47BN2O. The Hall–Kier alpha value is -6.00. The molecule has 3 aliphatic heterocycles. The van der Waals surface area contributed by atoms with Gasteiger partial charge in [-0.15, -0.1) is 0 Å². The van der Waals surface area contributed by atoms with Crippen LogP contribution in [0.1, 0.15) is 71.4 Å². The van der Waals surface area contributed by atoms with Gasteiger partial charge in [0.2, 0.25) is 0 Å². The molecule has 4 heteroatoms. The van der Waals surface area contributed by atoms with E-state index in [2.05, 4.69) is 190 Å². The highest BCUT2D eigenvalue weighted by Gasteiger charge is 2.62. The first-order valence-electron chi connectivity index (χ1n) is 21.3. The van der Waals surface area contributed by atoms with Crippen molar-refractivity contribution in [3.63, 3.8) is 0 Å². The van der Waals surface area contributed by atoms with Crippen LogP contribution in [0.3, 0.4) is 0 Å². The summed E-state index contributed by atoms with van der Waals surface area (Å²) < 4.78 is 6.93. The largest absolute Gasteiger partial charge is 0.456 e. The normalized spacial score (nSPS) is 20.3. The van der Waals surface area contributed by atoms with Gasteiger partial charge in [-0.2, -0.15) is 0 Å². The summed E-state index contributed by atoms with van der Waals surface area (Å²) in [7, 11) is 0. The molecule has 2 unspecified atom stereocenters. The molecule has 0 spiro atoms. The van der Waals surface area contributed by atoms with Crippen LogP contribution in [0.2, 0.25) is 0 Å². The number of para-hydroxylation sites is 1. The SMILES string of the molecule is CC(C)(C)c1cc2c3c(c1)C1(C)CCCCC1(C)N3c1cc3oc4ccccc4c3c3c1B2N(c1ccc(-c2ccccc2)cc1)c1ccc(-c2ccccc2)cc1-3. The lowest BCUT2D eigenvalue weighted by Crippen LogP contribution is -2.64. The van der Waals surface area contributed by atoms with Gasteiger partial charge >= 0.3 is 6.85 Å². The maximum Gasteiger partial charge on any atom is 0.333 e. The van der Waals surface area contributed by atoms with Crippen LogP contribution >= 0.6 is 0 Å². The number of fused-ring (bicyclic) bond motifs is 11. The third-order valence-electron chi connectivity index (χ3n) is 14.7. The van der Waals surface area contributed by atoms with Crippen molar-refractivity contribution in [1.29, 1.82) is 0 Å². The predicted octanol–water partition coefficient (Wildman–Crippen LogP) is 13.2. The van der Waals surface area contributed by atoms with Crippen LogP contribution in [0.25, 0.3) is 55.3 Å². The predicted molar refractivity (Wildman–Crippen MR) is 245 cm³/mol. The fourth-order valence-corrected chi connectivity index (χ4v) is 11.6. The Labute approximate surface area is 342 Å². The van der Waals surface area contributed by atoms with Crippen molar-refractivity contribution in [2.75, 3.05) is 9.71 Å². The molecule has 3 nitrogen and oxygen atoms in total. The van der Waals surface area contributed by atoms with Crippen LogP contribution in [0.5, 0.6) is 0 Å². The van der Waals surface area contributed by atoms with Gasteiger partial charge in [0, 0.05) is 50.6 Å². The van der Waals surface area contributed by atoms with Gasteiger partial charge in [0.15, 0.2) is 0 Å². The standard InChI is InChI=1S/C54H47BN2O/c1-52(2,3)38-31-42-51-43(32-38)55-50-45(56(51)54(5)29-15-14-28-53(42,54)4)33-47-48(40-20-12-13-21-46(40)58-47)49(50)41-30-37(35-18-10-7-11-19-35)24-27-44(41)57(55)39-25-22-36(23-26-39)34-16-8-6-9-17-34/h6-13,16-27,30-33H,14-15,28-29H2,1-5H3. The molecule has 0 saturated heterocycles. The molecule has 282 valence electrons. The van der Waals surface area contributed by atoms with E-state index >= 15 is 0 Å². The van der Waals surface area contributed by atoms with Crippen molar-refractivity contribution >= 4 is 62.5 Å². The van der Waals surface area contributed by atoms with E-state index in [1.54, 1.807) is 0 Å². The minimum absolute atomic E-state index is 0.00467. The Balaban J connectivity index is 1.24. The van der Waals surface area contributed by atoms with Crippen LogP contribution in [0.15, 0.2) is 150 Å². The van der Waals surface area contributed by atoms with E-state index < -0.39 is 0 Å². The Morgan fingerprint density at radius 2 is 1.28 bits per heavy atom. The molecule has 0 N–H and O–H groups in total. The highest BCUT2D eigenvalue weighted by atomic mass is 16.3. The van der Waals surface area contributed by atoms with E-state index in [9.17, 15) is 0 Å². The summed E-state index contributed by atoms with van der Waals surface area (Å²) in [6, 6.07) is 54.5. The van der Waals surface area contributed by atoms with Crippen molar-refractivity contribution in [1.82, 2.24) is 0 Å². The van der Waals surface area contributed by atoms with Crippen molar-refractivity contribution < 1.29 is 4.42 Å². The average molecular weight is 751 g/mol. The van der Waals surface area contributed by atoms with Crippen molar-refractivity contribution in [2.24, 2.45) is 0 Å². The second-order valence-electron chi connectivity index (χ2n) is 18.8. The Bertz CT molecular complexity index is 2980. The van der Waals surface area contributed by atoms with Gasteiger partial charge in [-0.25, -0.2) is 0 Å².